The second-order valence-electron chi connectivity index (χ2n) is 9.50. The van der Waals surface area contributed by atoms with E-state index in [4.69, 9.17) is 23.2 Å². The number of carbonyl (C=O) groups excluding carboxylic acids is 2. The first-order valence-electron chi connectivity index (χ1n) is 12.0. The van der Waals surface area contributed by atoms with E-state index in [2.05, 4.69) is 5.32 Å². The highest BCUT2D eigenvalue weighted by Crippen LogP contribution is 2.26. The van der Waals surface area contributed by atoms with Crippen LogP contribution in [0.2, 0.25) is 10.0 Å². The van der Waals surface area contributed by atoms with Crippen molar-refractivity contribution in [2.24, 2.45) is 0 Å². The minimum atomic E-state index is -3.78. The largest absolute Gasteiger partial charge is 0.352 e. The highest BCUT2D eigenvalue weighted by atomic mass is 35.5. The van der Waals surface area contributed by atoms with E-state index in [9.17, 15) is 18.0 Å². The molecule has 196 valence electrons. The third kappa shape index (κ3) is 7.14. The maximum Gasteiger partial charge on any atom is 0.244 e. The van der Waals surface area contributed by atoms with E-state index in [1.807, 2.05) is 13.0 Å². The number of carbonyl (C=O) groups is 2. The zero-order valence-electron chi connectivity index (χ0n) is 21.1. The minimum absolute atomic E-state index is 0.0689. The van der Waals surface area contributed by atoms with Gasteiger partial charge in [0.2, 0.25) is 21.8 Å². The standard InChI is InChI=1S/C26H33Cl2N3O4S/c1-17-9-12-24(18(2)13-17)31(36(4,34)35)16-25(32)30(15-20-10-11-22(27)23(28)14-20)19(3)26(33)29-21-7-5-6-8-21/h9-14,19,21H,5-8,15-16H2,1-4H3,(H,29,33)/t19-/m1/s1. The second kappa shape index (κ2) is 11.8. The molecule has 0 aliphatic heterocycles. The van der Waals surface area contributed by atoms with E-state index in [1.54, 1.807) is 44.2 Å². The van der Waals surface area contributed by atoms with E-state index >= 15 is 0 Å². The fourth-order valence-corrected chi connectivity index (χ4v) is 5.72. The predicted octanol–water partition coefficient (Wildman–Crippen LogP) is 4.85. The summed E-state index contributed by atoms with van der Waals surface area (Å²) < 4.78 is 26.6. The Labute approximate surface area is 223 Å². The molecule has 0 spiro atoms. The lowest BCUT2D eigenvalue weighted by molar-refractivity contribution is -0.139. The third-order valence-corrected chi connectivity index (χ3v) is 8.37. The van der Waals surface area contributed by atoms with Gasteiger partial charge in [-0.3, -0.25) is 13.9 Å². The van der Waals surface area contributed by atoms with Crippen LogP contribution in [0.15, 0.2) is 36.4 Å². The third-order valence-electron chi connectivity index (χ3n) is 6.51. The number of rotatable bonds is 9. The molecule has 1 fully saturated rings. The maximum absolute atomic E-state index is 13.7. The van der Waals surface area contributed by atoms with Gasteiger partial charge in [-0.25, -0.2) is 8.42 Å². The molecule has 0 radical (unpaired) electrons. The van der Waals surface area contributed by atoms with Crippen molar-refractivity contribution in [3.05, 3.63) is 63.1 Å². The van der Waals surface area contributed by atoms with Crippen LogP contribution in [-0.2, 0) is 26.2 Å². The molecule has 36 heavy (non-hydrogen) atoms. The number of halogens is 2. The van der Waals surface area contributed by atoms with Crippen LogP contribution in [0.25, 0.3) is 0 Å². The van der Waals surface area contributed by atoms with E-state index < -0.39 is 28.5 Å². The average Bonchev–Trinajstić information content (AvgIpc) is 3.30. The number of nitrogens with zero attached hydrogens (tertiary/aromatic N) is 2. The van der Waals surface area contributed by atoms with E-state index in [0.717, 1.165) is 47.4 Å². The molecule has 0 bridgehead atoms. The van der Waals surface area contributed by atoms with Gasteiger partial charge < -0.3 is 10.2 Å². The van der Waals surface area contributed by atoms with E-state index in [-0.39, 0.29) is 18.5 Å². The summed E-state index contributed by atoms with van der Waals surface area (Å²) in [5.41, 5.74) is 2.82. The van der Waals surface area contributed by atoms with Gasteiger partial charge in [-0.1, -0.05) is 59.8 Å². The lowest BCUT2D eigenvalue weighted by Gasteiger charge is -2.32. The van der Waals surface area contributed by atoms with Crippen molar-refractivity contribution in [2.45, 2.75) is 65.1 Å². The van der Waals surface area contributed by atoms with Crippen molar-refractivity contribution >= 4 is 50.7 Å². The molecular formula is C26H33Cl2N3O4S. The Morgan fingerprint density at radius 3 is 2.31 bits per heavy atom. The van der Waals surface area contributed by atoms with Crippen LogP contribution in [0.5, 0.6) is 0 Å². The van der Waals surface area contributed by atoms with E-state index in [0.29, 0.717) is 21.3 Å². The predicted molar refractivity (Wildman–Crippen MR) is 145 cm³/mol. The van der Waals surface area contributed by atoms with Gasteiger partial charge in [0.05, 0.1) is 22.0 Å². The zero-order valence-corrected chi connectivity index (χ0v) is 23.4. The van der Waals surface area contributed by atoms with Crippen LogP contribution in [0, 0.1) is 13.8 Å². The van der Waals surface area contributed by atoms with E-state index in [1.165, 1.54) is 4.90 Å². The van der Waals surface area contributed by atoms with Crippen molar-refractivity contribution in [1.82, 2.24) is 10.2 Å². The monoisotopic (exact) mass is 553 g/mol. The van der Waals surface area contributed by atoms with Gasteiger partial charge in [-0.05, 0) is 62.9 Å². The lowest BCUT2D eigenvalue weighted by Crippen LogP contribution is -2.52. The molecule has 0 aromatic heterocycles. The molecule has 1 aliphatic rings. The topological polar surface area (TPSA) is 86.8 Å². The van der Waals surface area contributed by atoms with Crippen LogP contribution < -0.4 is 9.62 Å². The Bertz CT molecular complexity index is 1230. The Balaban J connectivity index is 1.92. The zero-order chi connectivity index (χ0) is 26.6. The Morgan fingerprint density at radius 2 is 1.72 bits per heavy atom. The first-order chi connectivity index (χ1) is 16.9. The molecule has 2 amide bonds. The van der Waals surface area contributed by atoms with Gasteiger partial charge in [0.1, 0.15) is 12.6 Å². The van der Waals surface area contributed by atoms with Crippen LogP contribution in [-0.4, -0.2) is 50.0 Å². The van der Waals surface area contributed by atoms with Gasteiger partial charge in [-0.2, -0.15) is 0 Å². The number of hydrogen-bond acceptors (Lipinski definition) is 4. The average molecular weight is 555 g/mol. The molecule has 0 heterocycles. The number of amides is 2. The van der Waals surface area contributed by atoms with Crippen molar-refractivity contribution in [2.75, 3.05) is 17.1 Å². The van der Waals surface area contributed by atoms with Crippen molar-refractivity contribution < 1.29 is 18.0 Å². The molecule has 1 N–H and O–H groups in total. The number of sulfonamides is 1. The minimum Gasteiger partial charge on any atom is -0.352 e. The van der Waals surface area contributed by atoms with Crippen molar-refractivity contribution in [3.63, 3.8) is 0 Å². The van der Waals surface area contributed by atoms with Gasteiger partial charge in [0.25, 0.3) is 0 Å². The molecule has 2 aromatic carbocycles. The van der Waals surface area contributed by atoms with Gasteiger partial charge in [0, 0.05) is 12.6 Å². The molecule has 0 unspecified atom stereocenters. The lowest BCUT2D eigenvalue weighted by atomic mass is 10.1. The molecule has 1 aliphatic carbocycles. The summed E-state index contributed by atoms with van der Waals surface area (Å²) >= 11 is 12.2. The first-order valence-corrected chi connectivity index (χ1v) is 14.6. The molecule has 1 atom stereocenters. The second-order valence-corrected chi connectivity index (χ2v) is 12.2. The number of benzene rings is 2. The summed E-state index contributed by atoms with van der Waals surface area (Å²) in [5.74, 6) is -0.770. The fourth-order valence-electron chi connectivity index (χ4n) is 4.49. The van der Waals surface area contributed by atoms with Crippen LogP contribution in [0.4, 0.5) is 5.69 Å². The molecule has 2 aromatic rings. The number of nitrogens with one attached hydrogen (secondary N) is 1. The normalized spacial score (nSPS) is 14.9. The summed E-state index contributed by atoms with van der Waals surface area (Å²) in [7, 11) is -3.78. The van der Waals surface area contributed by atoms with Gasteiger partial charge >= 0.3 is 0 Å². The van der Waals surface area contributed by atoms with Crippen molar-refractivity contribution in [1.29, 1.82) is 0 Å². The molecule has 0 saturated heterocycles. The maximum atomic E-state index is 13.7. The highest BCUT2D eigenvalue weighted by Gasteiger charge is 2.31. The summed E-state index contributed by atoms with van der Waals surface area (Å²) in [6.07, 6.45) is 5.01. The summed E-state index contributed by atoms with van der Waals surface area (Å²) in [6.45, 7) is 5.00. The SMILES string of the molecule is Cc1ccc(N(CC(=O)N(Cc2ccc(Cl)c(Cl)c2)[C@H](C)C(=O)NC2CCCC2)S(C)(=O)=O)c(C)c1. The molecular weight excluding hydrogens is 521 g/mol. The number of anilines is 1. The summed E-state index contributed by atoms with van der Waals surface area (Å²) in [6, 6.07) is 9.62. The Kier molecular flexibility index (Phi) is 9.30. The van der Waals surface area contributed by atoms with Crippen LogP contribution in [0.1, 0.15) is 49.3 Å². The van der Waals surface area contributed by atoms with Gasteiger partial charge in [-0.15, -0.1) is 0 Å². The molecule has 7 nitrogen and oxygen atoms in total. The van der Waals surface area contributed by atoms with Crippen LogP contribution >= 0.6 is 23.2 Å². The smallest absolute Gasteiger partial charge is 0.244 e. The highest BCUT2D eigenvalue weighted by molar-refractivity contribution is 7.92. The Morgan fingerprint density at radius 1 is 1.06 bits per heavy atom. The summed E-state index contributed by atoms with van der Waals surface area (Å²) in [5, 5.41) is 3.75. The number of aryl methyl sites for hydroxylation is 2. The molecule has 1 saturated carbocycles. The fraction of sp³-hybridized carbons (Fsp3) is 0.462. The van der Waals surface area contributed by atoms with Crippen molar-refractivity contribution in [3.8, 4) is 0 Å². The number of hydrogen-bond donors (Lipinski definition) is 1. The molecule has 10 heteroatoms. The Hall–Kier alpha value is -2.29. The van der Waals surface area contributed by atoms with Crippen LogP contribution in [0.3, 0.4) is 0 Å². The summed E-state index contributed by atoms with van der Waals surface area (Å²) in [4.78, 5) is 28.2. The molecule has 3 rings (SSSR count). The first kappa shape index (κ1) is 28.3. The quantitative estimate of drug-likeness (QED) is 0.480. The van der Waals surface area contributed by atoms with Gasteiger partial charge in [0.15, 0.2) is 0 Å².